The van der Waals surface area contributed by atoms with Gasteiger partial charge >= 0.3 is 5.97 Å². The van der Waals surface area contributed by atoms with Gasteiger partial charge in [0.1, 0.15) is 11.6 Å². The number of hydrogen-bond donors (Lipinski definition) is 3. The number of aromatic nitrogens is 1. The third-order valence-electron chi connectivity index (χ3n) is 2.66. The smallest absolute Gasteiger partial charge is 0.326 e. The Hall–Kier alpha value is -1.89. The topological polar surface area (TPSA) is 113 Å². The SMILES string of the molecule is Cc1noc(C(C)C)c1C(=O)N[C@@H](CCO)C(=O)O. The third kappa shape index (κ3) is 3.54. The zero-order valence-electron chi connectivity index (χ0n) is 11.1. The van der Waals surface area contributed by atoms with Crippen LogP contribution >= 0.6 is 0 Å². The summed E-state index contributed by atoms with van der Waals surface area (Å²) >= 11 is 0. The average molecular weight is 270 g/mol. The van der Waals surface area contributed by atoms with Gasteiger partial charge in [0.2, 0.25) is 0 Å². The molecule has 1 aromatic rings. The highest BCUT2D eigenvalue weighted by molar-refractivity contribution is 5.98. The number of carboxylic acid groups (broad SMARTS) is 1. The van der Waals surface area contributed by atoms with Crippen molar-refractivity contribution in [3.05, 3.63) is 17.0 Å². The second-order valence-corrected chi connectivity index (χ2v) is 4.54. The number of hydrogen-bond acceptors (Lipinski definition) is 5. The van der Waals surface area contributed by atoms with Crippen molar-refractivity contribution in [3.8, 4) is 0 Å². The highest BCUT2D eigenvalue weighted by atomic mass is 16.5. The lowest BCUT2D eigenvalue weighted by molar-refractivity contribution is -0.139. The first kappa shape index (κ1) is 15.2. The minimum atomic E-state index is -1.19. The summed E-state index contributed by atoms with van der Waals surface area (Å²) in [5.74, 6) is -1.36. The summed E-state index contributed by atoms with van der Waals surface area (Å²) in [4.78, 5) is 23.0. The van der Waals surface area contributed by atoms with Crippen LogP contribution in [0, 0.1) is 6.92 Å². The van der Waals surface area contributed by atoms with E-state index in [1.54, 1.807) is 6.92 Å². The van der Waals surface area contributed by atoms with Crippen LogP contribution in [0.3, 0.4) is 0 Å². The van der Waals surface area contributed by atoms with Gasteiger partial charge in [-0.3, -0.25) is 4.79 Å². The van der Waals surface area contributed by atoms with Gasteiger partial charge in [-0.05, 0) is 6.92 Å². The molecule has 0 radical (unpaired) electrons. The standard InChI is InChI=1S/C12H18N2O5/c1-6(2)10-9(7(3)14-19-10)11(16)13-8(4-5-15)12(17)18/h6,8,15H,4-5H2,1-3H3,(H,13,16)(H,17,18)/t8-/m0/s1. The van der Waals surface area contributed by atoms with E-state index < -0.39 is 17.9 Å². The van der Waals surface area contributed by atoms with E-state index in [1.807, 2.05) is 13.8 Å². The molecule has 7 nitrogen and oxygen atoms in total. The molecule has 1 rings (SSSR count). The number of nitrogens with one attached hydrogen (secondary N) is 1. The maximum Gasteiger partial charge on any atom is 0.326 e. The number of carbonyl (C=O) groups excluding carboxylic acids is 1. The Bertz CT molecular complexity index is 467. The number of nitrogens with zero attached hydrogens (tertiary/aromatic N) is 1. The molecule has 0 aliphatic rings. The molecule has 1 atom stereocenters. The predicted octanol–water partition coefficient (Wildman–Crippen LogP) is 0.672. The van der Waals surface area contributed by atoms with E-state index in [2.05, 4.69) is 10.5 Å². The predicted molar refractivity (Wildman–Crippen MR) is 65.9 cm³/mol. The Morgan fingerprint density at radius 2 is 2.05 bits per heavy atom. The van der Waals surface area contributed by atoms with Crippen LogP contribution in [-0.2, 0) is 4.79 Å². The van der Waals surface area contributed by atoms with Crippen LogP contribution < -0.4 is 5.32 Å². The third-order valence-corrected chi connectivity index (χ3v) is 2.66. The van der Waals surface area contributed by atoms with Crippen LogP contribution in [0.25, 0.3) is 0 Å². The molecule has 1 aromatic heterocycles. The van der Waals surface area contributed by atoms with Gasteiger partial charge < -0.3 is 20.1 Å². The van der Waals surface area contributed by atoms with Crippen LogP contribution in [0.2, 0.25) is 0 Å². The molecule has 0 aromatic carbocycles. The van der Waals surface area contributed by atoms with Crippen molar-refractivity contribution >= 4 is 11.9 Å². The number of carbonyl (C=O) groups is 2. The highest BCUT2D eigenvalue weighted by Crippen LogP contribution is 2.22. The molecule has 1 heterocycles. The summed E-state index contributed by atoms with van der Waals surface area (Å²) in [7, 11) is 0. The Balaban J connectivity index is 2.94. The van der Waals surface area contributed by atoms with E-state index in [0.717, 1.165) is 0 Å². The zero-order valence-corrected chi connectivity index (χ0v) is 11.1. The van der Waals surface area contributed by atoms with Crippen molar-refractivity contribution in [3.63, 3.8) is 0 Å². The Labute approximate surface area is 110 Å². The summed E-state index contributed by atoms with van der Waals surface area (Å²) in [6.07, 6.45) is -0.0532. The molecular formula is C12H18N2O5. The summed E-state index contributed by atoms with van der Waals surface area (Å²) in [5.41, 5.74) is 0.675. The lowest BCUT2D eigenvalue weighted by Gasteiger charge is -2.13. The molecule has 3 N–H and O–H groups in total. The lowest BCUT2D eigenvalue weighted by Crippen LogP contribution is -2.41. The van der Waals surface area contributed by atoms with E-state index in [0.29, 0.717) is 11.5 Å². The first-order valence-corrected chi connectivity index (χ1v) is 5.99. The number of rotatable bonds is 6. The molecule has 1 amide bonds. The maximum atomic E-state index is 12.1. The fraction of sp³-hybridized carbons (Fsp3) is 0.583. The van der Waals surface area contributed by atoms with Crippen molar-refractivity contribution in [2.75, 3.05) is 6.61 Å². The molecule has 0 saturated heterocycles. The second-order valence-electron chi connectivity index (χ2n) is 4.54. The van der Waals surface area contributed by atoms with Crippen molar-refractivity contribution < 1.29 is 24.3 Å². The van der Waals surface area contributed by atoms with Crippen molar-refractivity contribution in [2.45, 2.75) is 39.2 Å². The van der Waals surface area contributed by atoms with Crippen LogP contribution in [0.15, 0.2) is 4.52 Å². The zero-order chi connectivity index (χ0) is 14.6. The molecule has 0 bridgehead atoms. The van der Waals surface area contributed by atoms with Crippen molar-refractivity contribution in [1.82, 2.24) is 10.5 Å². The number of aliphatic hydroxyl groups is 1. The average Bonchev–Trinajstić information content (AvgIpc) is 2.70. The molecule has 0 spiro atoms. The maximum absolute atomic E-state index is 12.1. The van der Waals surface area contributed by atoms with Crippen molar-refractivity contribution in [2.24, 2.45) is 0 Å². The minimum absolute atomic E-state index is 0.0388. The van der Waals surface area contributed by atoms with Gasteiger partial charge in [-0.25, -0.2) is 4.79 Å². The van der Waals surface area contributed by atoms with E-state index in [4.69, 9.17) is 14.7 Å². The Kier molecular flexibility index (Phi) is 5.05. The van der Waals surface area contributed by atoms with E-state index in [-0.39, 0.29) is 24.5 Å². The summed E-state index contributed by atoms with van der Waals surface area (Å²) in [5, 5.41) is 23.8. The van der Waals surface area contributed by atoms with Gasteiger partial charge in [0.05, 0.1) is 5.69 Å². The second kappa shape index (κ2) is 6.33. The highest BCUT2D eigenvalue weighted by Gasteiger charge is 2.26. The fourth-order valence-corrected chi connectivity index (χ4v) is 1.67. The molecule has 19 heavy (non-hydrogen) atoms. The molecule has 0 unspecified atom stereocenters. The van der Waals surface area contributed by atoms with Gasteiger partial charge in [0, 0.05) is 18.9 Å². The first-order valence-electron chi connectivity index (χ1n) is 5.99. The lowest BCUT2D eigenvalue weighted by atomic mass is 10.0. The Morgan fingerprint density at radius 3 is 2.53 bits per heavy atom. The number of amides is 1. The summed E-state index contributed by atoms with van der Waals surface area (Å²) < 4.78 is 5.07. The van der Waals surface area contributed by atoms with E-state index >= 15 is 0 Å². The number of carboxylic acids is 1. The molecular weight excluding hydrogens is 252 g/mol. The molecule has 106 valence electrons. The summed E-state index contributed by atoms with van der Waals surface area (Å²) in [6, 6.07) is -1.13. The quantitative estimate of drug-likeness (QED) is 0.700. The Morgan fingerprint density at radius 1 is 1.42 bits per heavy atom. The minimum Gasteiger partial charge on any atom is -0.480 e. The van der Waals surface area contributed by atoms with Crippen LogP contribution in [0.5, 0.6) is 0 Å². The fourth-order valence-electron chi connectivity index (χ4n) is 1.67. The first-order chi connectivity index (χ1) is 8.88. The van der Waals surface area contributed by atoms with Gasteiger partial charge in [-0.2, -0.15) is 0 Å². The normalized spacial score (nSPS) is 12.5. The monoisotopic (exact) mass is 270 g/mol. The molecule has 7 heteroatoms. The number of aliphatic hydroxyl groups excluding tert-OH is 1. The number of aryl methyl sites for hydroxylation is 1. The van der Waals surface area contributed by atoms with Crippen LogP contribution in [0.4, 0.5) is 0 Å². The van der Waals surface area contributed by atoms with E-state index in [9.17, 15) is 9.59 Å². The van der Waals surface area contributed by atoms with Crippen LogP contribution in [-0.4, -0.2) is 39.9 Å². The largest absolute Gasteiger partial charge is 0.480 e. The van der Waals surface area contributed by atoms with Gasteiger partial charge in [0.25, 0.3) is 5.91 Å². The van der Waals surface area contributed by atoms with Crippen LogP contribution in [0.1, 0.15) is 48.0 Å². The van der Waals surface area contributed by atoms with Gasteiger partial charge in [0.15, 0.2) is 5.76 Å². The van der Waals surface area contributed by atoms with Gasteiger partial charge in [-0.1, -0.05) is 19.0 Å². The molecule has 0 aliphatic carbocycles. The molecule has 0 saturated carbocycles. The molecule has 0 aliphatic heterocycles. The van der Waals surface area contributed by atoms with Gasteiger partial charge in [-0.15, -0.1) is 0 Å². The summed E-state index contributed by atoms with van der Waals surface area (Å²) in [6.45, 7) is 4.99. The number of aliphatic carboxylic acids is 1. The van der Waals surface area contributed by atoms with E-state index in [1.165, 1.54) is 0 Å². The molecule has 0 fully saturated rings. The van der Waals surface area contributed by atoms with Crippen molar-refractivity contribution in [1.29, 1.82) is 0 Å².